The predicted molar refractivity (Wildman–Crippen MR) is 60.7 cm³/mol. The molecule has 0 atom stereocenters. The minimum absolute atomic E-state index is 0.673. The van der Waals surface area contributed by atoms with Gasteiger partial charge in [0, 0.05) is 18.6 Å². The lowest BCUT2D eigenvalue weighted by atomic mass is 10.1. The molecule has 1 aromatic heterocycles. The molecular weight excluding hydrogens is 200 g/mol. The van der Waals surface area contributed by atoms with Gasteiger partial charge in [-0.15, -0.1) is 0 Å². The number of aromatic nitrogens is 1. The summed E-state index contributed by atoms with van der Waals surface area (Å²) in [5, 5.41) is 8.76. The van der Waals surface area contributed by atoms with E-state index < -0.39 is 0 Å². The van der Waals surface area contributed by atoms with E-state index in [1.165, 1.54) is 5.56 Å². The molecule has 2 aromatic rings. The Morgan fingerprint density at radius 2 is 2.31 bits per heavy atom. The van der Waals surface area contributed by atoms with Crippen molar-refractivity contribution in [1.29, 1.82) is 5.26 Å². The normalized spacial score (nSPS) is 16.6. The maximum atomic E-state index is 8.76. The number of rotatable bonds is 0. The van der Waals surface area contributed by atoms with Gasteiger partial charge < -0.3 is 4.42 Å². The van der Waals surface area contributed by atoms with Crippen molar-refractivity contribution in [1.82, 2.24) is 4.98 Å². The molecular formula is C13H10N2O. The first-order valence-corrected chi connectivity index (χ1v) is 5.27. The van der Waals surface area contributed by atoms with Crippen molar-refractivity contribution in [2.45, 2.75) is 19.8 Å². The zero-order valence-electron chi connectivity index (χ0n) is 8.95. The number of benzene rings is 1. The fraction of sp³-hybridized carbons (Fsp3) is 0.231. The first-order valence-electron chi connectivity index (χ1n) is 5.27. The van der Waals surface area contributed by atoms with Gasteiger partial charge in [-0.2, -0.15) is 5.26 Å². The highest BCUT2D eigenvalue weighted by atomic mass is 16.3. The number of allylic oxidation sites excluding steroid dienone is 2. The van der Waals surface area contributed by atoms with Gasteiger partial charge in [0.15, 0.2) is 11.5 Å². The summed E-state index contributed by atoms with van der Waals surface area (Å²) in [5.41, 5.74) is 5.11. The molecule has 3 nitrogen and oxygen atoms in total. The summed E-state index contributed by atoms with van der Waals surface area (Å²) in [4.78, 5) is 4.31. The molecule has 0 radical (unpaired) electrons. The third-order valence-electron chi connectivity index (χ3n) is 2.97. The van der Waals surface area contributed by atoms with Crippen molar-refractivity contribution in [2.75, 3.05) is 0 Å². The lowest BCUT2D eigenvalue weighted by molar-refractivity contribution is 0.560. The summed E-state index contributed by atoms with van der Waals surface area (Å²) < 4.78 is 5.63. The van der Waals surface area contributed by atoms with Gasteiger partial charge in [0.05, 0.1) is 6.07 Å². The monoisotopic (exact) mass is 210 g/mol. The molecule has 16 heavy (non-hydrogen) atoms. The Bertz CT molecular complexity index is 644. The fourth-order valence-electron chi connectivity index (χ4n) is 2.32. The van der Waals surface area contributed by atoms with Gasteiger partial charge in [-0.25, -0.2) is 4.98 Å². The van der Waals surface area contributed by atoms with Crippen LogP contribution in [0.5, 0.6) is 0 Å². The zero-order chi connectivity index (χ0) is 11.1. The van der Waals surface area contributed by atoms with E-state index in [-0.39, 0.29) is 0 Å². The number of oxazole rings is 1. The molecule has 0 saturated heterocycles. The molecule has 0 N–H and O–H groups in total. The van der Waals surface area contributed by atoms with Crippen LogP contribution in [-0.2, 0) is 6.42 Å². The first kappa shape index (κ1) is 9.17. The van der Waals surface area contributed by atoms with Crippen LogP contribution < -0.4 is 0 Å². The van der Waals surface area contributed by atoms with E-state index in [1.54, 1.807) is 6.08 Å². The summed E-state index contributed by atoms with van der Waals surface area (Å²) in [6.07, 6.45) is 3.52. The number of hydrogen-bond donors (Lipinski definition) is 0. The molecule has 0 fully saturated rings. The van der Waals surface area contributed by atoms with E-state index in [1.807, 2.05) is 13.0 Å². The summed E-state index contributed by atoms with van der Waals surface area (Å²) in [5.74, 6) is 0.673. The Morgan fingerprint density at radius 1 is 1.44 bits per heavy atom. The highest BCUT2D eigenvalue weighted by Crippen LogP contribution is 2.37. The van der Waals surface area contributed by atoms with Gasteiger partial charge in [-0.3, -0.25) is 0 Å². The molecule has 0 aliphatic heterocycles. The topological polar surface area (TPSA) is 49.8 Å². The van der Waals surface area contributed by atoms with Gasteiger partial charge in [0.25, 0.3) is 0 Å². The zero-order valence-corrected chi connectivity index (χ0v) is 8.95. The van der Waals surface area contributed by atoms with Gasteiger partial charge in [-0.1, -0.05) is 6.07 Å². The Kier molecular flexibility index (Phi) is 1.84. The van der Waals surface area contributed by atoms with Gasteiger partial charge >= 0.3 is 0 Å². The van der Waals surface area contributed by atoms with Crippen LogP contribution in [0.4, 0.5) is 0 Å². The van der Waals surface area contributed by atoms with Gasteiger partial charge in [-0.05, 0) is 30.0 Å². The lowest BCUT2D eigenvalue weighted by Crippen LogP contribution is -1.82. The highest BCUT2D eigenvalue weighted by molar-refractivity contribution is 5.91. The molecule has 3 heteroatoms. The predicted octanol–water partition coefficient (Wildman–Crippen LogP) is 2.99. The van der Waals surface area contributed by atoms with Crippen LogP contribution in [0, 0.1) is 18.3 Å². The van der Waals surface area contributed by atoms with Crippen molar-refractivity contribution in [3.05, 3.63) is 35.2 Å². The number of aryl methyl sites for hydroxylation is 2. The minimum atomic E-state index is 0.673. The minimum Gasteiger partial charge on any atom is -0.440 e. The van der Waals surface area contributed by atoms with Crippen molar-refractivity contribution < 1.29 is 4.42 Å². The van der Waals surface area contributed by atoms with Crippen LogP contribution >= 0.6 is 0 Å². The van der Waals surface area contributed by atoms with Crippen LogP contribution in [0.3, 0.4) is 0 Å². The molecule has 78 valence electrons. The quantitative estimate of drug-likeness (QED) is 0.628. The van der Waals surface area contributed by atoms with Gasteiger partial charge in [0.2, 0.25) is 0 Å². The first-order chi connectivity index (χ1) is 7.79. The van der Waals surface area contributed by atoms with Gasteiger partial charge in [0.1, 0.15) is 5.52 Å². The average molecular weight is 210 g/mol. The summed E-state index contributed by atoms with van der Waals surface area (Å²) in [6, 6.07) is 6.17. The van der Waals surface area contributed by atoms with Crippen LogP contribution in [0.25, 0.3) is 16.7 Å². The van der Waals surface area contributed by atoms with E-state index in [0.29, 0.717) is 5.89 Å². The molecule has 3 rings (SSSR count). The number of nitriles is 1. The molecule has 0 unspecified atom stereocenters. The number of fused-ring (bicyclic) bond motifs is 3. The van der Waals surface area contributed by atoms with E-state index in [0.717, 1.165) is 35.1 Å². The molecule has 0 amide bonds. The molecule has 0 bridgehead atoms. The third-order valence-corrected chi connectivity index (χ3v) is 2.97. The average Bonchev–Trinajstić information content (AvgIpc) is 2.81. The maximum absolute atomic E-state index is 8.76. The standard InChI is InChI=1S/C13H10N2O/c1-8-15-11-5-4-9-2-3-10(6-7-14)12(9)13(11)16-8/h4-6H,2-3H2,1H3/b10-6-. The third kappa shape index (κ3) is 1.17. The molecule has 1 aliphatic carbocycles. The Balaban J connectivity index is 2.37. The van der Waals surface area contributed by atoms with Crippen LogP contribution in [0.2, 0.25) is 0 Å². The molecule has 1 aliphatic rings. The molecule has 0 spiro atoms. The van der Waals surface area contributed by atoms with Crippen molar-refractivity contribution >= 4 is 16.7 Å². The second-order valence-electron chi connectivity index (χ2n) is 3.98. The van der Waals surface area contributed by atoms with Crippen molar-refractivity contribution in [2.24, 2.45) is 0 Å². The van der Waals surface area contributed by atoms with E-state index >= 15 is 0 Å². The number of hydrogen-bond acceptors (Lipinski definition) is 3. The maximum Gasteiger partial charge on any atom is 0.192 e. The number of nitrogens with zero attached hydrogens (tertiary/aromatic N) is 2. The molecule has 1 aromatic carbocycles. The fourth-order valence-corrected chi connectivity index (χ4v) is 2.32. The Morgan fingerprint density at radius 3 is 3.12 bits per heavy atom. The van der Waals surface area contributed by atoms with E-state index in [4.69, 9.17) is 9.68 Å². The lowest BCUT2D eigenvalue weighted by Gasteiger charge is -1.99. The molecule has 0 saturated carbocycles. The van der Waals surface area contributed by atoms with Crippen molar-refractivity contribution in [3.63, 3.8) is 0 Å². The van der Waals surface area contributed by atoms with Crippen LogP contribution in [0.15, 0.2) is 22.6 Å². The smallest absolute Gasteiger partial charge is 0.192 e. The summed E-state index contributed by atoms with van der Waals surface area (Å²) in [6.45, 7) is 1.84. The van der Waals surface area contributed by atoms with Crippen molar-refractivity contribution in [3.8, 4) is 6.07 Å². The van der Waals surface area contributed by atoms with E-state index in [9.17, 15) is 0 Å². The summed E-state index contributed by atoms with van der Waals surface area (Å²) in [7, 11) is 0. The SMILES string of the molecule is Cc1nc2ccc3c(c2o1)/C(=C\C#N)CC3. The largest absolute Gasteiger partial charge is 0.440 e. The Hall–Kier alpha value is -2.08. The van der Waals surface area contributed by atoms with Crippen LogP contribution in [0.1, 0.15) is 23.4 Å². The summed E-state index contributed by atoms with van der Waals surface area (Å²) >= 11 is 0. The van der Waals surface area contributed by atoms with E-state index in [2.05, 4.69) is 17.1 Å². The molecule has 1 heterocycles. The van der Waals surface area contributed by atoms with Crippen LogP contribution in [-0.4, -0.2) is 4.98 Å². The second-order valence-corrected chi connectivity index (χ2v) is 3.98. The second kappa shape index (κ2) is 3.21. The Labute approximate surface area is 93.0 Å². The highest BCUT2D eigenvalue weighted by Gasteiger charge is 2.21.